The van der Waals surface area contributed by atoms with Crippen molar-refractivity contribution in [3.63, 3.8) is 0 Å². The molecule has 0 aliphatic heterocycles. The predicted octanol–water partition coefficient (Wildman–Crippen LogP) is -2.70. The average Bonchev–Trinajstić information content (AvgIpc) is 0.918. The molecule has 0 saturated heterocycles. The van der Waals surface area contributed by atoms with Crippen molar-refractivity contribution < 1.29 is 89.0 Å². The molecule has 35 valence electrons. The SMILES string of the molecule is O=PO.[Ag].[H-].[Na+].[Zr]. The standard InChI is InChI=1S/Ag.Na.HO2P.Zr.H/c;;1-3-2;;/h;;(H,1,2);;/q;+1;;;-1. The Labute approximate surface area is 96.2 Å². The molecule has 0 aliphatic rings. The first kappa shape index (κ1) is 23.4. The van der Waals surface area contributed by atoms with Crippen molar-refractivity contribution in [1.82, 2.24) is 0 Å². The second kappa shape index (κ2) is 25.3. The Morgan fingerprint density at radius 1 is 1.67 bits per heavy atom. The van der Waals surface area contributed by atoms with E-state index in [-0.39, 0.29) is 79.6 Å². The molecule has 0 spiro atoms. The fourth-order valence-electron chi connectivity index (χ4n) is 0. The van der Waals surface area contributed by atoms with E-state index < -0.39 is 8.69 Å². The minimum atomic E-state index is -0.833. The summed E-state index contributed by atoms with van der Waals surface area (Å²) in [5.74, 6) is 0. The Morgan fingerprint density at radius 3 is 1.67 bits per heavy atom. The fraction of sp³-hybridized carbons (Fsp3) is 0. The van der Waals surface area contributed by atoms with E-state index in [0.717, 1.165) is 0 Å². The molecular formula is H2AgNaO2PZr. The van der Waals surface area contributed by atoms with Crippen LogP contribution >= 0.6 is 8.69 Å². The van der Waals surface area contributed by atoms with Crippen LogP contribution in [0.15, 0.2) is 0 Å². The van der Waals surface area contributed by atoms with E-state index in [9.17, 15) is 0 Å². The Bertz CT molecular complexity index is 25.2. The molecule has 2 nitrogen and oxygen atoms in total. The van der Waals surface area contributed by atoms with E-state index in [4.69, 9.17) is 9.46 Å². The second-order valence-corrected chi connectivity index (χ2v) is 0.245. The first-order valence-corrected chi connectivity index (χ1v) is 1.15. The van der Waals surface area contributed by atoms with E-state index >= 15 is 0 Å². The van der Waals surface area contributed by atoms with Gasteiger partial charge in [-0.2, -0.15) is 0 Å². The van der Waals surface area contributed by atoms with Crippen LogP contribution in [0.1, 0.15) is 1.43 Å². The summed E-state index contributed by atoms with van der Waals surface area (Å²) in [6, 6.07) is 0. The first-order chi connectivity index (χ1) is 1.41. The van der Waals surface area contributed by atoms with E-state index in [1.165, 1.54) is 0 Å². The van der Waals surface area contributed by atoms with Crippen LogP contribution in [0.3, 0.4) is 0 Å². The van der Waals surface area contributed by atoms with Gasteiger partial charge in [-0.1, -0.05) is 0 Å². The number of hydrogen-bond donors (Lipinski definition) is 1. The van der Waals surface area contributed by atoms with Gasteiger partial charge in [0.15, 0.2) is 0 Å². The molecule has 0 atom stereocenters. The van der Waals surface area contributed by atoms with Gasteiger partial charge in [-0.3, -0.25) is 0 Å². The molecule has 6 heavy (non-hydrogen) atoms. The zero-order valence-electron chi connectivity index (χ0n) is 4.10. The van der Waals surface area contributed by atoms with Gasteiger partial charge in [0.05, 0.1) is 0 Å². The van der Waals surface area contributed by atoms with Gasteiger partial charge >= 0.3 is 38.2 Å². The fourth-order valence-corrected chi connectivity index (χ4v) is 0. The summed E-state index contributed by atoms with van der Waals surface area (Å²) in [6.45, 7) is 0. The van der Waals surface area contributed by atoms with Gasteiger partial charge in [0.1, 0.15) is 0 Å². The zero-order chi connectivity index (χ0) is 2.71. The molecule has 0 fully saturated rings. The zero-order valence-corrected chi connectivity index (χ0v) is 9.94. The summed E-state index contributed by atoms with van der Waals surface area (Å²) in [5.41, 5.74) is 0. The van der Waals surface area contributed by atoms with Gasteiger partial charge in [0.25, 0.3) is 0 Å². The topological polar surface area (TPSA) is 37.3 Å². The molecule has 0 unspecified atom stereocenters. The van der Waals surface area contributed by atoms with Crippen LogP contribution in [0.25, 0.3) is 0 Å². The third-order valence-electron chi connectivity index (χ3n) is 0. The number of rotatable bonds is 0. The Balaban J connectivity index is -0.00000000333. The Kier molecular flexibility index (Phi) is 98.5. The Hall–Kier alpha value is 2.68. The van der Waals surface area contributed by atoms with Gasteiger partial charge in [-0.25, -0.2) is 4.57 Å². The average molecular weight is 287 g/mol. The van der Waals surface area contributed by atoms with Gasteiger partial charge in [-0.05, 0) is 0 Å². The Morgan fingerprint density at radius 2 is 1.67 bits per heavy atom. The maximum absolute atomic E-state index is 8.46. The van der Waals surface area contributed by atoms with Crippen LogP contribution in [0.5, 0.6) is 0 Å². The number of hydrogen-bond acceptors (Lipinski definition) is 1. The van der Waals surface area contributed by atoms with Crippen molar-refractivity contribution >= 4 is 8.69 Å². The van der Waals surface area contributed by atoms with Gasteiger partial charge in [0, 0.05) is 48.6 Å². The van der Waals surface area contributed by atoms with Crippen molar-refractivity contribution in [2.45, 2.75) is 0 Å². The monoisotopic (exact) mass is 285 g/mol. The van der Waals surface area contributed by atoms with Crippen LogP contribution < -0.4 is 29.6 Å². The molecule has 0 amide bonds. The van der Waals surface area contributed by atoms with Crippen molar-refractivity contribution in [1.29, 1.82) is 0 Å². The van der Waals surface area contributed by atoms with E-state index in [2.05, 4.69) is 0 Å². The predicted molar refractivity (Wildman–Crippen MR) is 10.9 cm³/mol. The minimum Gasteiger partial charge on any atom is -1.00 e. The van der Waals surface area contributed by atoms with Crippen LogP contribution in [0.4, 0.5) is 0 Å². The van der Waals surface area contributed by atoms with Gasteiger partial charge in [-0.15, -0.1) is 0 Å². The van der Waals surface area contributed by atoms with Crippen molar-refractivity contribution in [3.8, 4) is 0 Å². The molecule has 0 saturated carbocycles. The van der Waals surface area contributed by atoms with Crippen molar-refractivity contribution in [2.75, 3.05) is 0 Å². The summed E-state index contributed by atoms with van der Waals surface area (Å²) in [4.78, 5) is 6.99. The molecular weight excluding hydrogens is 285 g/mol. The minimum absolute atomic E-state index is 0. The molecule has 6 heteroatoms. The third-order valence-corrected chi connectivity index (χ3v) is 0. The summed E-state index contributed by atoms with van der Waals surface area (Å²) < 4.78 is 8.46. The van der Waals surface area contributed by atoms with Crippen LogP contribution in [0, 0.1) is 0 Å². The largest absolute Gasteiger partial charge is 1.00 e. The first-order valence-electron chi connectivity index (χ1n) is 0.383. The smallest absolute Gasteiger partial charge is 1.00 e. The molecule has 0 aromatic rings. The third kappa shape index (κ3) is 30.0. The molecule has 0 rings (SSSR count). The normalized spacial score (nSPS) is 3.50. The summed E-state index contributed by atoms with van der Waals surface area (Å²) in [5, 5.41) is 0. The molecule has 1 radical (unpaired) electrons. The van der Waals surface area contributed by atoms with Gasteiger partial charge < -0.3 is 6.32 Å². The van der Waals surface area contributed by atoms with Crippen LogP contribution in [-0.2, 0) is 53.1 Å². The van der Waals surface area contributed by atoms with Crippen LogP contribution in [0.2, 0.25) is 0 Å². The van der Waals surface area contributed by atoms with Crippen molar-refractivity contribution in [3.05, 3.63) is 0 Å². The van der Waals surface area contributed by atoms with E-state index in [0.29, 0.717) is 0 Å². The molecule has 0 heterocycles. The van der Waals surface area contributed by atoms with Crippen LogP contribution in [-0.4, -0.2) is 4.89 Å². The molecule has 0 aromatic carbocycles. The summed E-state index contributed by atoms with van der Waals surface area (Å²) in [7, 11) is -0.833. The maximum Gasteiger partial charge on any atom is 1.00 e. The maximum atomic E-state index is 8.46. The second-order valence-electron chi connectivity index (χ2n) is 0.0816. The van der Waals surface area contributed by atoms with E-state index in [1.807, 2.05) is 0 Å². The molecule has 0 aromatic heterocycles. The molecule has 0 bridgehead atoms. The molecule has 1 N–H and O–H groups in total. The summed E-state index contributed by atoms with van der Waals surface area (Å²) in [6.07, 6.45) is 0. The molecule has 0 aliphatic carbocycles. The summed E-state index contributed by atoms with van der Waals surface area (Å²) >= 11 is 0. The van der Waals surface area contributed by atoms with E-state index in [1.54, 1.807) is 0 Å². The van der Waals surface area contributed by atoms with Crippen molar-refractivity contribution in [2.24, 2.45) is 0 Å². The van der Waals surface area contributed by atoms with Gasteiger partial charge in [0.2, 0.25) is 0 Å². The quantitative estimate of drug-likeness (QED) is 0.389.